The van der Waals surface area contributed by atoms with Gasteiger partial charge in [0.15, 0.2) is 6.54 Å². The molecule has 12 heteroatoms. The van der Waals surface area contributed by atoms with Crippen LogP contribution in [0.25, 0.3) is 0 Å². The Morgan fingerprint density at radius 1 is 1.32 bits per heavy atom. The van der Waals surface area contributed by atoms with E-state index >= 15 is 0 Å². The van der Waals surface area contributed by atoms with Gasteiger partial charge in [-0.25, -0.2) is 0 Å². The van der Waals surface area contributed by atoms with E-state index in [0.29, 0.717) is 4.90 Å². The highest BCUT2D eigenvalue weighted by atomic mass is 32.2. The van der Waals surface area contributed by atoms with Gasteiger partial charge in [-0.05, 0) is 0 Å². The number of carbonyl (C=O) groups is 1. The van der Waals surface area contributed by atoms with Crippen molar-refractivity contribution in [1.82, 2.24) is 4.90 Å². The molecule has 0 aliphatic rings. The van der Waals surface area contributed by atoms with Crippen LogP contribution in [0, 0.1) is 20.2 Å². The number of likely N-dealkylation sites (N-methyl/N-ethyl adjacent to an activating group) is 1. The molecule has 19 heavy (non-hydrogen) atoms. The smallest absolute Gasteiger partial charge is 0.330 e. The Kier molecular flexibility index (Phi) is 5.32. The van der Waals surface area contributed by atoms with Crippen LogP contribution < -0.4 is 0 Å². The molecular formula is C7H13N3O8S. The van der Waals surface area contributed by atoms with Crippen LogP contribution in [0.15, 0.2) is 0 Å². The third-order valence-electron chi connectivity index (χ3n) is 2.15. The lowest BCUT2D eigenvalue weighted by Gasteiger charge is -2.20. The second-order valence-electron chi connectivity index (χ2n) is 3.95. The highest BCUT2D eigenvalue weighted by molar-refractivity contribution is 7.86. The van der Waals surface area contributed by atoms with Gasteiger partial charge in [-0.1, -0.05) is 0 Å². The number of nitro groups is 2. The average Bonchev–Trinajstić information content (AvgIpc) is 2.23. The molecule has 0 aliphatic heterocycles. The number of hydrogen-bond donors (Lipinski definition) is 0. The largest absolute Gasteiger partial charge is 0.472 e. The molecule has 0 N–H and O–H groups in total. The summed E-state index contributed by atoms with van der Waals surface area (Å²) in [7, 11) is -2.78. The Morgan fingerprint density at radius 3 is 2.05 bits per heavy atom. The van der Waals surface area contributed by atoms with Crippen molar-refractivity contribution < 1.29 is 27.2 Å². The van der Waals surface area contributed by atoms with E-state index in [1.807, 2.05) is 0 Å². The van der Waals surface area contributed by atoms with E-state index in [1.54, 1.807) is 0 Å². The van der Waals surface area contributed by atoms with Gasteiger partial charge in [0, 0.05) is 7.05 Å². The molecule has 0 saturated heterocycles. The Morgan fingerprint density at radius 2 is 1.74 bits per heavy atom. The minimum atomic E-state index is -3.84. The Labute approximate surface area is 108 Å². The van der Waals surface area contributed by atoms with Gasteiger partial charge in [0.1, 0.15) is 16.5 Å². The summed E-state index contributed by atoms with van der Waals surface area (Å²) >= 11 is 0. The fourth-order valence-electron chi connectivity index (χ4n) is 0.987. The summed E-state index contributed by atoms with van der Waals surface area (Å²) in [5.74, 6) is -0.930. The molecule has 0 unspecified atom stereocenters. The molecule has 110 valence electrons. The number of carbonyl (C=O) groups excluding carboxylic acids is 1. The van der Waals surface area contributed by atoms with E-state index in [-0.39, 0.29) is 0 Å². The molecule has 1 amide bonds. The van der Waals surface area contributed by atoms with Crippen molar-refractivity contribution in [2.24, 2.45) is 0 Å². The van der Waals surface area contributed by atoms with Gasteiger partial charge in [0.25, 0.3) is 10.1 Å². The molecule has 11 nitrogen and oxygen atoms in total. The van der Waals surface area contributed by atoms with Crippen LogP contribution in [-0.4, -0.2) is 61.2 Å². The summed E-state index contributed by atoms with van der Waals surface area (Å²) in [5, 5.41) is 21.3. The summed E-state index contributed by atoms with van der Waals surface area (Å²) in [5.41, 5.74) is -2.57. The molecule has 0 aromatic heterocycles. The molecule has 0 rings (SSSR count). The third-order valence-corrected chi connectivity index (χ3v) is 2.69. The summed E-state index contributed by atoms with van der Waals surface area (Å²) in [6.45, 7) is -0.950. The fourth-order valence-corrected chi connectivity index (χ4v) is 1.30. The van der Waals surface area contributed by atoms with Crippen molar-refractivity contribution in [2.45, 2.75) is 12.6 Å². The second kappa shape index (κ2) is 5.88. The van der Waals surface area contributed by atoms with Crippen LogP contribution in [0.1, 0.15) is 6.92 Å². The zero-order valence-electron chi connectivity index (χ0n) is 10.4. The molecule has 0 atom stereocenters. The SMILES string of the molecule is CN(CC(C)([N+](=O)[O-])[N+](=O)[O-])C(=O)COS(C)(=O)=O. The van der Waals surface area contributed by atoms with Crippen molar-refractivity contribution >= 4 is 16.0 Å². The zero-order valence-corrected chi connectivity index (χ0v) is 11.2. The van der Waals surface area contributed by atoms with E-state index in [0.717, 1.165) is 20.2 Å². The van der Waals surface area contributed by atoms with E-state index < -0.39 is 44.7 Å². The van der Waals surface area contributed by atoms with Crippen LogP contribution in [0.2, 0.25) is 0 Å². The summed E-state index contributed by atoms with van der Waals surface area (Å²) in [6, 6.07) is 0. The van der Waals surface area contributed by atoms with E-state index in [2.05, 4.69) is 4.18 Å². The molecule has 0 aliphatic carbocycles. The van der Waals surface area contributed by atoms with Crippen molar-refractivity contribution in [2.75, 3.05) is 26.5 Å². The first-order valence-electron chi connectivity index (χ1n) is 4.77. The molecule has 0 bridgehead atoms. The van der Waals surface area contributed by atoms with Crippen LogP contribution in [0.4, 0.5) is 0 Å². The maximum Gasteiger partial charge on any atom is 0.472 e. The highest BCUT2D eigenvalue weighted by Crippen LogP contribution is 2.11. The maximum absolute atomic E-state index is 11.4. The minimum Gasteiger partial charge on any atom is -0.330 e. The molecule has 0 aromatic rings. The van der Waals surface area contributed by atoms with Crippen LogP contribution in [0.3, 0.4) is 0 Å². The lowest BCUT2D eigenvalue weighted by Crippen LogP contribution is -2.53. The first-order valence-corrected chi connectivity index (χ1v) is 6.59. The van der Waals surface area contributed by atoms with Gasteiger partial charge in [-0.3, -0.25) is 29.2 Å². The molecular weight excluding hydrogens is 286 g/mol. The van der Waals surface area contributed by atoms with Crippen molar-refractivity contribution in [1.29, 1.82) is 0 Å². The maximum atomic E-state index is 11.4. The topological polar surface area (TPSA) is 150 Å². The quantitative estimate of drug-likeness (QED) is 0.243. The van der Waals surface area contributed by atoms with Gasteiger partial charge < -0.3 is 4.90 Å². The summed E-state index contributed by atoms with van der Waals surface area (Å²) in [4.78, 5) is 31.1. The van der Waals surface area contributed by atoms with Gasteiger partial charge >= 0.3 is 5.66 Å². The highest BCUT2D eigenvalue weighted by Gasteiger charge is 2.52. The van der Waals surface area contributed by atoms with Gasteiger partial charge in [-0.15, -0.1) is 0 Å². The zero-order chi connectivity index (χ0) is 15.4. The van der Waals surface area contributed by atoms with Crippen LogP contribution >= 0.6 is 0 Å². The Bertz CT molecular complexity index is 473. The van der Waals surface area contributed by atoms with Gasteiger partial charge in [-0.2, -0.15) is 8.42 Å². The molecule has 0 spiro atoms. The van der Waals surface area contributed by atoms with Gasteiger partial charge in [0.2, 0.25) is 5.91 Å². The first-order chi connectivity index (χ1) is 8.40. The third kappa shape index (κ3) is 5.13. The van der Waals surface area contributed by atoms with Crippen molar-refractivity contribution in [3.8, 4) is 0 Å². The molecule has 0 radical (unpaired) electrons. The van der Waals surface area contributed by atoms with Crippen LogP contribution in [0.5, 0.6) is 0 Å². The normalized spacial score (nSPS) is 11.9. The first kappa shape index (κ1) is 17.2. The fraction of sp³-hybridized carbons (Fsp3) is 0.857. The van der Waals surface area contributed by atoms with E-state index in [1.165, 1.54) is 0 Å². The number of amides is 1. The molecule has 0 heterocycles. The van der Waals surface area contributed by atoms with Crippen molar-refractivity contribution in [3.63, 3.8) is 0 Å². The Hall–Kier alpha value is -1.82. The summed E-state index contributed by atoms with van der Waals surface area (Å²) in [6.07, 6.45) is 0.721. The second-order valence-corrected chi connectivity index (χ2v) is 5.59. The lowest BCUT2D eigenvalue weighted by molar-refractivity contribution is -0.790. The minimum absolute atomic E-state index is 0.663. The number of rotatable bonds is 7. The average molecular weight is 299 g/mol. The molecule has 0 aromatic carbocycles. The van der Waals surface area contributed by atoms with E-state index in [9.17, 15) is 33.4 Å². The van der Waals surface area contributed by atoms with Crippen molar-refractivity contribution in [3.05, 3.63) is 20.2 Å². The predicted molar refractivity (Wildman–Crippen MR) is 60.8 cm³/mol. The standard InChI is InChI=1S/C7H13N3O8S/c1-7(9(12)13,10(14)15)5-8(2)6(11)4-18-19(3,16)17/h4-5H2,1-3H3. The summed E-state index contributed by atoms with van der Waals surface area (Å²) < 4.78 is 25.5. The predicted octanol–water partition coefficient (Wildman–Crippen LogP) is -1.31. The number of hydrogen-bond acceptors (Lipinski definition) is 8. The Balaban J connectivity index is 4.76. The molecule has 0 saturated carbocycles. The van der Waals surface area contributed by atoms with Gasteiger partial charge in [0.05, 0.1) is 13.2 Å². The lowest BCUT2D eigenvalue weighted by atomic mass is 10.2. The van der Waals surface area contributed by atoms with E-state index in [4.69, 9.17) is 0 Å². The van der Waals surface area contributed by atoms with Crippen LogP contribution in [-0.2, 0) is 19.1 Å². The molecule has 0 fully saturated rings. The number of nitrogens with zero attached hydrogens (tertiary/aromatic N) is 3. The monoisotopic (exact) mass is 299 g/mol.